The molecule has 1 rings (SSSR count). The number of benzene rings is 1. The highest BCUT2D eigenvalue weighted by Gasteiger charge is 2.34. The fourth-order valence-electron chi connectivity index (χ4n) is 7.71. The fourth-order valence-corrected chi connectivity index (χ4v) is 7.71. The Morgan fingerprint density at radius 1 is 0.367 bits per heavy atom. The summed E-state index contributed by atoms with van der Waals surface area (Å²) in [5.74, 6) is -10.4. The molecule has 0 unspecified atom stereocenters. The van der Waals surface area contributed by atoms with E-state index in [9.17, 15) is 41.5 Å². The second-order valence-electron chi connectivity index (χ2n) is 18.9. The molecule has 458 valence electrons. The molecular weight excluding hydrogens is 1040 g/mol. The molecule has 0 aromatic heterocycles. The van der Waals surface area contributed by atoms with Crippen molar-refractivity contribution < 1.29 is 88.9 Å². The van der Waals surface area contributed by atoms with Crippen LogP contribution in [-0.4, -0.2) is 174 Å². The van der Waals surface area contributed by atoms with E-state index in [4.69, 9.17) is 47.4 Å². The number of carbonyl (C=O) groups is 5. The van der Waals surface area contributed by atoms with Gasteiger partial charge in [-0.1, -0.05) is 59.3 Å². The maximum atomic E-state index is 14.1. The highest BCUT2D eigenvalue weighted by molar-refractivity contribution is 5.80. The van der Waals surface area contributed by atoms with Crippen molar-refractivity contribution in [1.82, 2.24) is 21.3 Å². The molecule has 79 heavy (non-hydrogen) atoms. The van der Waals surface area contributed by atoms with Crippen molar-refractivity contribution in [1.29, 1.82) is 0 Å². The number of ether oxygens (including phenoxy) is 10. The zero-order valence-electron chi connectivity index (χ0n) is 47.9. The van der Waals surface area contributed by atoms with Crippen molar-refractivity contribution in [2.24, 2.45) is 0 Å². The molecule has 0 aliphatic rings. The van der Waals surface area contributed by atoms with Crippen LogP contribution < -0.4 is 26.0 Å². The first-order valence-corrected chi connectivity index (χ1v) is 28.6. The minimum atomic E-state index is -2.05. The van der Waals surface area contributed by atoms with E-state index in [0.29, 0.717) is 118 Å². The van der Waals surface area contributed by atoms with Crippen molar-refractivity contribution in [3.8, 4) is 5.75 Å². The first-order chi connectivity index (χ1) is 38.3. The topological polar surface area (TPSA) is 226 Å². The van der Waals surface area contributed by atoms with Crippen molar-refractivity contribution in [2.45, 2.75) is 155 Å². The monoisotopic (exact) mass is 1140 g/mol. The van der Waals surface area contributed by atoms with Crippen LogP contribution in [0.5, 0.6) is 5.75 Å². The van der Waals surface area contributed by atoms with Gasteiger partial charge < -0.3 is 68.6 Å². The van der Waals surface area contributed by atoms with Crippen LogP contribution >= 0.6 is 0 Å². The van der Waals surface area contributed by atoms with Gasteiger partial charge in [0, 0.05) is 82.7 Å². The van der Waals surface area contributed by atoms with Gasteiger partial charge in [-0.15, -0.1) is 0 Å². The van der Waals surface area contributed by atoms with E-state index in [-0.39, 0.29) is 114 Å². The van der Waals surface area contributed by atoms with E-state index < -0.39 is 46.1 Å². The summed E-state index contributed by atoms with van der Waals surface area (Å²) in [7, 11) is 0. The van der Waals surface area contributed by atoms with Crippen LogP contribution in [0.1, 0.15) is 148 Å². The van der Waals surface area contributed by atoms with E-state index in [1.54, 1.807) is 0 Å². The molecule has 23 heteroatoms. The summed E-state index contributed by atoms with van der Waals surface area (Å²) >= 11 is 0. The lowest BCUT2D eigenvalue weighted by Crippen LogP contribution is -2.50. The Bertz CT molecular complexity index is 1640. The summed E-state index contributed by atoms with van der Waals surface area (Å²) < 4.78 is 110. The van der Waals surface area contributed by atoms with Crippen molar-refractivity contribution >= 4 is 29.6 Å². The number of carbonyl (C=O) groups excluding carboxylic acids is 5. The summed E-state index contributed by atoms with van der Waals surface area (Å²) in [5, 5.41) is 11.8. The molecule has 0 heterocycles. The number of unbranched alkanes of at least 4 members (excludes halogenated alkanes) is 7. The number of hydrogen-bond acceptors (Lipinski definition) is 15. The predicted octanol–water partition coefficient (Wildman–Crippen LogP) is 7.28. The lowest BCUT2D eigenvalue weighted by Gasteiger charge is -2.35. The van der Waals surface area contributed by atoms with Gasteiger partial charge in [-0.3, -0.25) is 24.0 Å². The van der Waals surface area contributed by atoms with Gasteiger partial charge in [0.2, 0.25) is 35.3 Å². The second kappa shape index (κ2) is 49.7. The Kier molecular flexibility index (Phi) is 45.9. The van der Waals surface area contributed by atoms with E-state index in [1.807, 2.05) is 20.8 Å². The number of nitrogens with one attached hydrogen (secondary N) is 4. The van der Waals surface area contributed by atoms with E-state index in [2.05, 4.69) is 21.3 Å². The zero-order chi connectivity index (χ0) is 58.0. The summed E-state index contributed by atoms with van der Waals surface area (Å²) in [6.07, 6.45) is 8.88. The van der Waals surface area contributed by atoms with Crippen molar-refractivity contribution in [2.75, 3.05) is 139 Å². The number of halogens is 4. The van der Waals surface area contributed by atoms with E-state index in [0.717, 1.165) is 58.3 Å². The van der Waals surface area contributed by atoms with Gasteiger partial charge in [-0.05, 0) is 58.3 Å². The average molecular weight is 1140 g/mol. The molecule has 0 radical (unpaired) electrons. The van der Waals surface area contributed by atoms with Gasteiger partial charge in [0.15, 0.2) is 17.4 Å². The SMILES string of the molecule is CCCOCCOCCOCCNC(=O)CCC(CCC(=O)NCCOCCOCCOCCC)(CCC(=O)NCCOCCOCCOCCC)NC(=O)CCCCCCCCCCC(=O)Oc1c(C)c(F)c(F)c(F)c1F. The van der Waals surface area contributed by atoms with Crippen LogP contribution in [0, 0.1) is 30.2 Å². The Labute approximate surface area is 466 Å². The number of amides is 4. The van der Waals surface area contributed by atoms with Gasteiger partial charge in [0.1, 0.15) is 0 Å². The molecule has 4 amide bonds. The molecule has 0 aliphatic carbocycles. The van der Waals surface area contributed by atoms with E-state index in [1.165, 1.54) is 0 Å². The number of hydrogen-bond donors (Lipinski definition) is 4. The third-order valence-corrected chi connectivity index (χ3v) is 12.1. The van der Waals surface area contributed by atoms with Gasteiger partial charge in [-0.2, -0.15) is 4.39 Å². The molecule has 0 fully saturated rings. The zero-order valence-corrected chi connectivity index (χ0v) is 47.9. The smallest absolute Gasteiger partial charge is 0.311 e. The number of rotatable bonds is 55. The first-order valence-electron chi connectivity index (χ1n) is 28.6. The van der Waals surface area contributed by atoms with Crippen LogP contribution in [0.15, 0.2) is 0 Å². The lowest BCUT2D eigenvalue weighted by molar-refractivity contribution is -0.135. The normalized spacial score (nSPS) is 11.5. The maximum absolute atomic E-state index is 14.1. The van der Waals surface area contributed by atoms with Crippen molar-refractivity contribution in [3.63, 3.8) is 0 Å². The highest BCUT2D eigenvalue weighted by Crippen LogP contribution is 2.31. The van der Waals surface area contributed by atoms with Gasteiger partial charge in [-0.25, -0.2) is 13.2 Å². The molecule has 0 atom stereocenters. The standard InChI is InChI=1S/C56H96F4N4O15/c1-5-27-70-33-39-76-42-36-73-30-24-61-46(65)18-21-56(22-19-47(66)62-25-31-74-37-43-77-40-34-71-28-6-2,23-20-48(67)63-26-32-75-38-44-78-41-35-72-29-7-3)64-49(68)16-14-12-10-8-9-11-13-15-17-50(69)79-55-45(4)51(57)52(58)53(59)54(55)60/h5-44H2,1-4H3,(H,61,65)(H,62,66)(H,63,67)(H,64,68). The molecule has 0 aliphatic heterocycles. The second-order valence-corrected chi connectivity index (χ2v) is 18.9. The maximum Gasteiger partial charge on any atom is 0.311 e. The average Bonchev–Trinajstić information content (AvgIpc) is 3.45. The summed E-state index contributed by atoms with van der Waals surface area (Å²) in [5.41, 5.74) is -1.74. The van der Waals surface area contributed by atoms with Crippen LogP contribution in [0.25, 0.3) is 0 Å². The molecule has 0 saturated heterocycles. The number of esters is 1. The molecule has 19 nitrogen and oxygen atoms in total. The van der Waals surface area contributed by atoms with Crippen LogP contribution in [-0.2, 0) is 66.6 Å². The summed E-state index contributed by atoms with van der Waals surface area (Å²) in [6.45, 7) is 15.7. The Balaban J connectivity index is 2.87. The Morgan fingerprint density at radius 2 is 0.671 bits per heavy atom. The quantitative estimate of drug-likeness (QED) is 0.0126. The lowest BCUT2D eigenvalue weighted by atomic mass is 9.82. The van der Waals surface area contributed by atoms with Gasteiger partial charge in [0.05, 0.1) is 99.1 Å². The molecule has 4 N–H and O–H groups in total. The van der Waals surface area contributed by atoms with Crippen molar-refractivity contribution in [3.05, 3.63) is 28.8 Å². The van der Waals surface area contributed by atoms with Crippen LogP contribution in [0.4, 0.5) is 17.6 Å². The molecule has 1 aromatic carbocycles. The first kappa shape index (κ1) is 72.9. The largest absolute Gasteiger partial charge is 0.423 e. The molecule has 0 saturated carbocycles. The highest BCUT2D eigenvalue weighted by atomic mass is 19.2. The molecule has 0 spiro atoms. The van der Waals surface area contributed by atoms with Crippen LogP contribution in [0.3, 0.4) is 0 Å². The van der Waals surface area contributed by atoms with E-state index >= 15 is 0 Å². The third kappa shape index (κ3) is 39.1. The molecular formula is C56H96F4N4O15. The van der Waals surface area contributed by atoms with Gasteiger partial charge >= 0.3 is 5.97 Å². The Hall–Kier alpha value is -4.07. The molecule has 1 aromatic rings. The van der Waals surface area contributed by atoms with Crippen LogP contribution in [0.2, 0.25) is 0 Å². The third-order valence-electron chi connectivity index (χ3n) is 12.1. The summed E-state index contributed by atoms with van der Waals surface area (Å²) in [4.78, 5) is 65.9. The molecule has 0 bridgehead atoms. The van der Waals surface area contributed by atoms with Gasteiger partial charge in [0.25, 0.3) is 0 Å². The minimum Gasteiger partial charge on any atom is -0.423 e. The summed E-state index contributed by atoms with van der Waals surface area (Å²) in [6, 6.07) is 0. The Morgan fingerprint density at radius 3 is 1.03 bits per heavy atom. The predicted molar refractivity (Wildman–Crippen MR) is 289 cm³/mol. The minimum absolute atomic E-state index is 0.000703. The fraction of sp³-hybridized carbons (Fsp3) is 0.804.